The maximum atomic E-state index is 12.9. The molecule has 0 aliphatic carbocycles. The molecule has 1 atom stereocenters. The average Bonchev–Trinajstić information content (AvgIpc) is 2.35. The molecule has 0 saturated heterocycles. The number of hydrogen-bond acceptors (Lipinski definition) is 3. The Bertz CT molecular complexity index is 406. The first kappa shape index (κ1) is 15.4. The summed E-state index contributed by atoms with van der Waals surface area (Å²) < 4.78 is 12.9. The van der Waals surface area contributed by atoms with E-state index < -0.39 is 11.9 Å². The van der Waals surface area contributed by atoms with Gasteiger partial charge >= 0.3 is 5.97 Å². The van der Waals surface area contributed by atoms with Crippen LogP contribution >= 0.6 is 0 Å². The van der Waals surface area contributed by atoms with Crippen LogP contribution in [0.25, 0.3) is 0 Å². The van der Waals surface area contributed by atoms with Crippen LogP contribution in [0.2, 0.25) is 0 Å². The fourth-order valence-electron chi connectivity index (χ4n) is 1.71. The van der Waals surface area contributed by atoms with Gasteiger partial charge in [-0.25, -0.2) is 4.39 Å². The Morgan fingerprint density at radius 3 is 2.32 bits per heavy atom. The molecule has 0 saturated carbocycles. The molecule has 0 fully saturated rings. The molecule has 0 heterocycles. The largest absolute Gasteiger partial charge is 0.481 e. The first-order valence-corrected chi connectivity index (χ1v) is 6.28. The van der Waals surface area contributed by atoms with E-state index in [1.165, 1.54) is 12.1 Å². The molecule has 0 aliphatic heterocycles. The zero-order valence-electron chi connectivity index (χ0n) is 11.6. The Balaban J connectivity index is 2.78. The van der Waals surface area contributed by atoms with E-state index in [9.17, 15) is 9.18 Å². The van der Waals surface area contributed by atoms with E-state index in [0.717, 1.165) is 12.2 Å². The summed E-state index contributed by atoms with van der Waals surface area (Å²) in [7, 11) is 3.92. The van der Waals surface area contributed by atoms with Gasteiger partial charge in [0.2, 0.25) is 0 Å². The predicted octanol–water partition coefficient (Wildman–Crippen LogP) is 1.91. The highest BCUT2D eigenvalue weighted by atomic mass is 19.1. The molecule has 1 aromatic carbocycles. The van der Waals surface area contributed by atoms with Crippen LogP contribution in [-0.2, 0) is 4.79 Å². The fraction of sp³-hybridized carbons (Fsp3) is 0.500. The number of nitrogens with zero attached hydrogens (tertiary/aromatic N) is 2. The van der Waals surface area contributed by atoms with Crippen LogP contribution in [-0.4, -0.2) is 49.7 Å². The summed E-state index contributed by atoms with van der Waals surface area (Å²) in [6.07, 6.45) is 0. The van der Waals surface area contributed by atoms with Crippen molar-refractivity contribution in [3.8, 4) is 0 Å². The molecule has 1 rings (SSSR count). The van der Waals surface area contributed by atoms with Gasteiger partial charge in [-0.3, -0.25) is 4.79 Å². The molecule has 19 heavy (non-hydrogen) atoms. The predicted molar refractivity (Wildman–Crippen MR) is 74.0 cm³/mol. The molecule has 5 heteroatoms. The van der Waals surface area contributed by atoms with E-state index in [1.807, 2.05) is 23.9 Å². The molecule has 4 nitrogen and oxygen atoms in total. The van der Waals surface area contributed by atoms with E-state index in [-0.39, 0.29) is 5.82 Å². The third-order valence-corrected chi connectivity index (χ3v) is 2.92. The zero-order valence-corrected chi connectivity index (χ0v) is 11.6. The lowest BCUT2D eigenvalue weighted by atomic mass is 10.1. The monoisotopic (exact) mass is 268 g/mol. The average molecular weight is 268 g/mol. The van der Waals surface area contributed by atoms with Crippen molar-refractivity contribution in [3.05, 3.63) is 30.1 Å². The van der Waals surface area contributed by atoms with Crippen LogP contribution in [0.3, 0.4) is 0 Å². The first-order valence-electron chi connectivity index (χ1n) is 6.28. The minimum Gasteiger partial charge on any atom is -0.481 e. The van der Waals surface area contributed by atoms with Crippen LogP contribution < -0.4 is 4.90 Å². The SMILES string of the molecule is CC(CN(CCN(C)C)c1ccc(F)cc1)C(=O)O. The summed E-state index contributed by atoms with van der Waals surface area (Å²) >= 11 is 0. The molecular weight excluding hydrogens is 247 g/mol. The molecule has 0 amide bonds. The van der Waals surface area contributed by atoms with Crippen molar-refractivity contribution in [2.24, 2.45) is 5.92 Å². The van der Waals surface area contributed by atoms with Crippen LogP contribution in [0.4, 0.5) is 10.1 Å². The van der Waals surface area contributed by atoms with Gasteiger partial charge in [0.1, 0.15) is 5.82 Å². The Morgan fingerprint density at radius 1 is 1.26 bits per heavy atom. The van der Waals surface area contributed by atoms with E-state index >= 15 is 0 Å². The standard InChI is InChI=1S/C14H21FN2O2/c1-11(14(18)19)10-17(9-8-16(2)3)13-6-4-12(15)5-7-13/h4-7,11H,8-10H2,1-3H3,(H,18,19). The molecule has 106 valence electrons. The maximum absolute atomic E-state index is 12.9. The minimum absolute atomic E-state index is 0.289. The molecule has 0 spiro atoms. The van der Waals surface area contributed by atoms with Crippen LogP contribution in [0.15, 0.2) is 24.3 Å². The van der Waals surface area contributed by atoms with Gasteiger partial charge in [0.25, 0.3) is 0 Å². The number of carboxylic acid groups (broad SMARTS) is 1. The van der Waals surface area contributed by atoms with E-state index in [1.54, 1.807) is 19.1 Å². The van der Waals surface area contributed by atoms with Crippen molar-refractivity contribution in [3.63, 3.8) is 0 Å². The lowest BCUT2D eigenvalue weighted by Gasteiger charge is -2.28. The summed E-state index contributed by atoms with van der Waals surface area (Å²) in [4.78, 5) is 15.0. The molecule has 1 aromatic rings. The number of halogens is 1. The van der Waals surface area contributed by atoms with Crippen molar-refractivity contribution < 1.29 is 14.3 Å². The third kappa shape index (κ3) is 5.26. The topological polar surface area (TPSA) is 43.8 Å². The molecule has 0 aromatic heterocycles. The van der Waals surface area contributed by atoms with E-state index in [4.69, 9.17) is 5.11 Å². The zero-order chi connectivity index (χ0) is 14.4. The van der Waals surface area contributed by atoms with Gasteiger partial charge in [0, 0.05) is 25.3 Å². The number of rotatable bonds is 7. The van der Waals surface area contributed by atoms with Crippen molar-refractivity contribution in [1.82, 2.24) is 4.90 Å². The Labute approximate surface area is 113 Å². The molecule has 1 N–H and O–H groups in total. The van der Waals surface area contributed by atoms with Gasteiger partial charge in [0.05, 0.1) is 5.92 Å². The number of likely N-dealkylation sites (N-methyl/N-ethyl adjacent to an activating group) is 1. The second-order valence-electron chi connectivity index (χ2n) is 4.96. The number of anilines is 1. The van der Waals surface area contributed by atoms with Gasteiger partial charge in [-0.1, -0.05) is 6.92 Å². The second-order valence-corrected chi connectivity index (χ2v) is 4.96. The van der Waals surface area contributed by atoms with Crippen molar-refractivity contribution in [2.75, 3.05) is 38.6 Å². The molecular formula is C14H21FN2O2. The quantitative estimate of drug-likeness (QED) is 0.820. The van der Waals surface area contributed by atoms with Crippen LogP contribution in [0.5, 0.6) is 0 Å². The van der Waals surface area contributed by atoms with Crippen LogP contribution in [0.1, 0.15) is 6.92 Å². The molecule has 0 radical (unpaired) electrons. The van der Waals surface area contributed by atoms with Gasteiger partial charge in [-0.2, -0.15) is 0 Å². The Kier molecular flexibility index (Phi) is 5.76. The summed E-state index contributed by atoms with van der Waals surface area (Å²) in [5.74, 6) is -1.58. The number of carbonyl (C=O) groups is 1. The summed E-state index contributed by atoms with van der Waals surface area (Å²) in [6.45, 7) is 3.60. The number of benzene rings is 1. The molecule has 0 bridgehead atoms. The van der Waals surface area contributed by atoms with E-state index in [2.05, 4.69) is 0 Å². The van der Waals surface area contributed by atoms with Gasteiger partial charge < -0.3 is 14.9 Å². The van der Waals surface area contributed by atoms with Crippen molar-refractivity contribution in [1.29, 1.82) is 0 Å². The lowest BCUT2D eigenvalue weighted by Crippen LogP contribution is -2.36. The first-order chi connectivity index (χ1) is 8.90. The van der Waals surface area contributed by atoms with Gasteiger partial charge in [-0.05, 0) is 38.4 Å². The van der Waals surface area contributed by atoms with Crippen molar-refractivity contribution in [2.45, 2.75) is 6.92 Å². The van der Waals surface area contributed by atoms with Gasteiger partial charge in [-0.15, -0.1) is 0 Å². The highest BCUT2D eigenvalue weighted by Crippen LogP contribution is 2.16. The van der Waals surface area contributed by atoms with E-state index in [0.29, 0.717) is 13.1 Å². The Hall–Kier alpha value is -1.62. The summed E-state index contributed by atoms with van der Waals surface area (Å²) in [5, 5.41) is 9.00. The second kappa shape index (κ2) is 7.09. The summed E-state index contributed by atoms with van der Waals surface area (Å²) in [6, 6.07) is 6.14. The number of aliphatic carboxylic acids is 1. The smallest absolute Gasteiger partial charge is 0.308 e. The normalized spacial score (nSPS) is 12.5. The third-order valence-electron chi connectivity index (χ3n) is 2.92. The molecule has 0 aliphatic rings. The minimum atomic E-state index is -0.822. The fourth-order valence-corrected chi connectivity index (χ4v) is 1.71. The van der Waals surface area contributed by atoms with Crippen molar-refractivity contribution >= 4 is 11.7 Å². The molecule has 1 unspecified atom stereocenters. The maximum Gasteiger partial charge on any atom is 0.308 e. The lowest BCUT2D eigenvalue weighted by molar-refractivity contribution is -0.140. The summed E-state index contributed by atoms with van der Waals surface area (Å²) in [5.41, 5.74) is 0.844. The number of carboxylic acids is 1. The Morgan fingerprint density at radius 2 is 1.84 bits per heavy atom. The van der Waals surface area contributed by atoms with Gasteiger partial charge in [0.15, 0.2) is 0 Å². The highest BCUT2D eigenvalue weighted by Gasteiger charge is 2.16. The number of hydrogen-bond donors (Lipinski definition) is 1. The highest BCUT2D eigenvalue weighted by molar-refractivity contribution is 5.70. The van der Waals surface area contributed by atoms with Crippen LogP contribution in [0, 0.1) is 11.7 Å².